The number of benzene rings is 2. The van der Waals surface area contributed by atoms with Crippen LogP contribution in [0.25, 0.3) is 0 Å². The molecule has 0 aliphatic rings. The van der Waals surface area contributed by atoms with Gasteiger partial charge in [0.2, 0.25) is 0 Å². The van der Waals surface area contributed by atoms with E-state index in [1.165, 1.54) is 12.1 Å². The molecular weight excluding hydrogens is 340 g/mol. The Labute approximate surface area is 131 Å². The van der Waals surface area contributed by atoms with Gasteiger partial charge in [-0.25, -0.2) is 8.78 Å². The highest BCUT2D eigenvalue weighted by Crippen LogP contribution is 2.30. The number of hydrogen-bond donors (Lipinski definition) is 1. The van der Waals surface area contributed by atoms with E-state index in [1.807, 2.05) is 13.0 Å². The van der Waals surface area contributed by atoms with Crippen LogP contribution < -0.4 is 10.1 Å². The van der Waals surface area contributed by atoms with Crippen LogP contribution in [0.5, 0.6) is 5.75 Å². The van der Waals surface area contributed by atoms with Gasteiger partial charge in [-0.05, 0) is 36.4 Å². The summed E-state index contributed by atoms with van der Waals surface area (Å²) in [6.45, 7) is 2.47. The normalized spacial score (nSPS) is 12.2. The number of ether oxygens (including phenoxy) is 1. The molecule has 0 heterocycles. The van der Waals surface area contributed by atoms with Gasteiger partial charge in [-0.1, -0.05) is 35.0 Å². The quantitative estimate of drug-likeness (QED) is 0.856. The van der Waals surface area contributed by atoms with Gasteiger partial charge in [0.1, 0.15) is 17.4 Å². The molecule has 0 spiro atoms. The van der Waals surface area contributed by atoms with Gasteiger partial charge in [0.05, 0.1) is 13.2 Å². The average Bonchev–Trinajstić information content (AvgIpc) is 2.45. The van der Waals surface area contributed by atoms with E-state index in [9.17, 15) is 8.78 Å². The zero-order valence-electron chi connectivity index (χ0n) is 11.8. The molecule has 2 aromatic carbocycles. The molecule has 2 rings (SSSR count). The highest BCUT2D eigenvalue weighted by Gasteiger charge is 2.22. The Balaban J connectivity index is 2.53. The van der Waals surface area contributed by atoms with Crippen molar-refractivity contribution in [3.8, 4) is 5.75 Å². The van der Waals surface area contributed by atoms with E-state index >= 15 is 0 Å². The molecule has 2 nitrogen and oxygen atoms in total. The van der Waals surface area contributed by atoms with Gasteiger partial charge in [0.15, 0.2) is 0 Å². The van der Waals surface area contributed by atoms with Gasteiger partial charge in [0, 0.05) is 10.0 Å². The fourth-order valence-electron chi connectivity index (χ4n) is 2.24. The van der Waals surface area contributed by atoms with Crippen LogP contribution in [0.1, 0.15) is 24.1 Å². The molecule has 0 saturated heterocycles. The third-order valence-corrected chi connectivity index (χ3v) is 3.63. The lowest BCUT2D eigenvalue weighted by Gasteiger charge is -2.21. The molecule has 21 heavy (non-hydrogen) atoms. The first-order valence-electron chi connectivity index (χ1n) is 6.58. The van der Waals surface area contributed by atoms with Crippen molar-refractivity contribution in [3.63, 3.8) is 0 Å². The Morgan fingerprint density at radius 2 is 1.86 bits per heavy atom. The lowest BCUT2D eigenvalue weighted by Crippen LogP contribution is -2.24. The van der Waals surface area contributed by atoms with Crippen molar-refractivity contribution >= 4 is 15.9 Å². The Morgan fingerprint density at radius 3 is 2.43 bits per heavy atom. The molecule has 0 radical (unpaired) electrons. The van der Waals surface area contributed by atoms with Crippen LogP contribution in [0.2, 0.25) is 0 Å². The van der Waals surface area contributed by atoms with Gasteiger partial charge < -0.3 is 10.1 Å². The first-order valence-corrected chi connectivity index (χ1v) is 7.38. The number of rotatable bonds is 5. The van der Waals surface area contributed by atoms with Crippen LogP contribution in [0.15, 0.2) is 40.9 Å². The Morgan fingerprint density at radius 1 is 1.19 bits per heavy atom. The number of methoxy groups -OCH3 is 1. The van der Waals surface area contributed by atoms with Crippen molar-refractivity contribution in [1.82, 2.24) is 5.32 Å². The molecule has 0 aliphatic carbocycles. The third-order valence-electron chi connectivity index (χ3n) is 3.17. The molecule has 2 aromatic rings. The van der Waals surface area contributed by atoms with Crippen LogP contribution in [-0.2, 0) is 0 Å². The number of nitrogens with one attached hydrogen (secondary N) is 1. The molecule has 0 amide bonds. The molecule has 0 aliphatic heterocycles. The minimum atomic E-state index is -0.587. The van der Waals surface area contributed by atoms with E-state index in [2.05, 4.69) is 21.2 Å². The standard InChI is InChI=1S/C16H16BrF2NO/c1-3-20-16(10-5-4-6-12(7-10)21-2)15-13(18)8-11(17)9-14(15)19/h4-9,16,20H,3H2,1-2H3. The number of halogens is 3. The molecule has 0 fully saturated rings. The van der Waals surface area contributed by atoms with Gasteiger partial charge in [-0.15, -0.1) is 0 Å². The topological polar surface area (TPSA) is 21.3 Å². The predicted octanol–water partition coefficient (Wildman–Crippen LogP) is 4.43. The average molecular weight is 356 g/mol. The van der Waals surface area contributed by atoms with Crippen molar-refractivity contribution in [1.29, 1.82) is 0 Å². The minimum Gasteiger partial charge on any atom is -0.497 e. The lowest BCUT2D eigenvalue weighted by molar-refractivity contribution is 0.413. The maximum atomic E-state index is 14.2. The van der Waals surface area contributed by atoms with E-state index in [0.717, 1.165) is 5.56 Å². The Bertz CT molecular complexity index is 610. The molecule has 0 aromatic heterocycles. The largest absolute Gasteiger partial charge is 0.497 e. The van der Waals surface area contributed by atoms with E-state index < -0.39 is 17.7 Å². The SMILES string of the molecule is CCNC(c1cccc(OC)c1)c1c(F)cc(Br)cc1F. The minimum absolute atomic E-state index is 0.00769. The first kappa shape index (κ1) is 15.9. The fourth-order valence-corrected chi connectivity index (χ4v) is 2.64. The summed E-state index contributed by atoms with van der Waals surface area (Å²) in [5.74, 6) is -0.528. The van der Waals surface area contributed by atoms with Gasteiger partial charge in [-0.2, -0.15) is 0 Å². The predicted molar refractivity (Wildman–Crippen MR) is 82.6 cm³/mol. The van der Waals surface area contributed by atoms with Crippen molar-refractivity contribution < 1.29 is 13.5 Å². The summed E-state index contributed by atoms with van der Waals surface area (Å²) in [4.78, 5) is 0. The van der Waals surface area contributed by atoms with Crippen LogP contribution in [0, 0.1) is 11.6 Å². The summed E-state index contributed by atoms with van der Waals surface area (Å²) in [7, 11) is 1.56. The second kappa shape index (κ2) is 7.00. The zero-order chi connectivity index (χ0) is 15.4. The molecular formula is C16H16BrF2NO. The van der Waals surface area contributed by atoms with E-state index in [4.69, 9.17) is 4.74 Å². The highest BCUT2D eigenvalue weighted by molar-refractivity contribution is 9.10. The smallest absolute Gasteiger partial charge is 0.132 e. The molecule has 112 valence electrons. The summed E-state index contributed by atoms with van der Waals surface area (Å²) in [5.41, 5.74) is 0.754. The summed E-state index contributed by atoms with van der Waals surface area (Å²) < 4.78 is 34.0. The zero-order valence-corrected chi connectivity index (χ0v) is 13.4. The number of hydrogen-bond acceptors (Lipinski definition) is 2. The molecule has 1 atom stereocenters. The molecule has 0 bridgehead atoms. The summed E-state index contributed by atoms with van der Waals surface area (Å²) in [6.07, 6.45) is 0. The summed E-state index contributed by atoms with van der Waals surface area (Å²) in [5, 5.41) is 3.12. The highest BCUT2D eigenvalue weighted by atomic mass is 79.9. The molecule has 5 heteroatoms. The van der Waals surface area contributed by atoms with Crippen LogP contribution in [0.3, 0.4) is 0 Å². The van der Waals surface area contributed by atoms with Gasteiger partial charge >= 0.3 is 0 Å². The first-order chi connectivity index (χ1) is 10.1. The summed E-state index contributed by atoms with van der Waals surface area (Å²) >= 11 is 3.09. The van der Waals surface area contributed by atoms with Crippen molar-refractivity contribution in [2.75, 3.05) is 13.7 Å². The Kier molecular flexibility index (Phi) is 5.31. The lowest BCUT2D eigenvalue weighted by atomic mass is 9.97. The fraction of sp³-hybridized carbons (Fsp3) is 0.250. The second-order valence-electron chi connectivity index (χ2n) is 4.55. The summed E-state index contributed by atoms with van der Waals surface area (Å²) in [6, 6.07) is 9.14. The van der Waals surface area contributed by atoms with Crippen LogP contribution in [-0.4, -0.2) is 13.7 Å². The van der Waals surface area contributed by atoms with Crippen molar-refractivity contribution in [3.05, 3.63) is 63.6 Å². The van der Waals surface area contributed by atoms with Crippen LogP contribution in [0.4, 0.5) is 8.78 Å². The van der Waals surface area contributed by atoms with Gasteiger partial charge in [0.25, 0.3) is 0 Å². The van der Waals surface area contributed by atoms with E-state index in [0.29, 0.717) is 16.8 Å². The van der Waals surface area contributed by atoms with E-state index in [-0.39, 0.29) is 5.56 Å². The maximum Gasteiger partial charge on any atom is 0.132 e. The molecule has 0 saturated carbocycles. The molecule has 1 N–H and O–H groups in total. The Hall–Kier alpha value is -1.46. The third kappa shape index (κ3) is 3.60. The van der Waals surface area contributed by atoms with Crippen LogP contribution >= 0.6 is 15.9 Å². The monoisotopic (exact) mass is 355 g/mol. The van der Waals surface area contributed by atoms with Gasteiger partial charge in [-0.3, -0.25) is 0 Å². The van der Waals surface area contributed by atoms with Crippen molar-refractivity contribution in [2.45, 2.75) is 13.0 Å². The molecule has 1 unspecified atom stereocenters. The van der Waals surface area contributed by atoms with Crippen molar-refractivity contribution in [2.24, 2.45) is 0 Å². The second-order valence-corrected chi connectivity index (χ2v) is 5.47. The van der Waals surface area contributed by atoms with E-state index in [1.54, 1.807) is 25.3 Å². The maximum absolute atomic E-state index is 14.2.